The van der Waals surface area contributed by atoms with Crippen molar-refractivity contribution >= 4 is 17.6 Å². The average molecular weight is 272 g/mol. The largest absolute Gasteiger partial charge is 0.493 e. The van der Waals surface area contributed by atoms with Gasteiger partial charge in [0.25, 0.3) is 0 Å². The van der Waals surface area contributed by atoms with Crippen LogP contribution in [0.5, 0.6) is 5.75 Å². The Bertz CT molecular complexity index is 407. The highest BCUT2D eigenvalue weighted by atomic mass is 35.5. The predicted octanol–water partition coefficient (Wildman–Crippen LogP) is 2.17. The summed E-state index contributed by atoms with van der Waals surface area (Å²) in [5, 5.41) is 0.628. The number of benzene rings is 1. The van der Waals surface area contributed by atoms with Crippen molar-refractivity contribution in [3.05, 3.63) is 28.8 Å². The Kier molecular flexibility index (Phi) is 5.95. The number of nitrogens with two attached hydrogens (primary N) is 1. The fraction of sp³-hybridized carbons (Fsp3) is 0.462. The summed E-state index contributed by atoms with van der Waals surface area (Å²) in [5.74, 6) is 0.370. The van der Waals surface area contributed by atoms with Crippen molar-refractivity contribution in [2.45, 2.75) is 25.8 Å². The van der Waals surface area contributed by atoms with Gasteiger partial charge in [-0.2, -0.15) is 0 Å². The molecule has 0 saturated heterocycles. The molecule has 1 rings (SSSR count). The minimum absolute atomic E-state index is 0.00661. The van der Waals surface area contributed by atoms with Gasteiger partial charge in [-0.3, -0.25) is 4.79 Å². The van der Waals surface area contributed by atoms with Crippen LogP contribution in [-0.4, -0.2) is 25.7 Å². The van der Waals surface area contributed by atoms with Crippen LogP contribution in [0.15, 0.2) is 18.2 Å². The highest BCUT2D eigenvalue weighted by molar-refractivity contribution is 6.31. The van der Waals surface area contributed by atoms with Crippen molar-refractivity contribution in [3.8, 4) is 5.75 Å². The molecule has 2 N–H and O–H groups in total. The van der Waals surface area contributed by atoms with Gasteiger partial charge in [-0.15, -0.1) is 0 Å². The summed E-state index contributed by atoms with van der Waals surface area (Å²) in [6, 6.07) is 5.42. The highest BCUT2D eigenvalue weighted by Crippen LogP contribution is 2.27. The van der Waals surface area contributed by atoms with Crippen LogP contribution in [0.25, 0.3) is 0 Å². The molecule has 0 saturated carbocycles. The molecule has 1 atom stereocenters. The zero-order valence-electron chi connectivity index (χ0n) is 10.6. The number of methoxy groups -OCH3 is 1. The first-order valence-electron chi connectivity index (χ1n) is 5.77. The quantitative estimate of drug-likeness (QED) is 0.806. The Morgan fingerprint density at radius 2 is 2.22 bits per heavy atom. The lowest BCUT2D eigenvalue weighted by Crippen LogP contribution is -2.19. The molecule has 4 nitrogen and oxygen atoms in total. The third-order valence-corrected chi connectivity index (χ3v) is 2.75. The van der Waals surface area contributed by atoms with E-state index in [2.05, 4.69) is 4.74 Å². The van der Waals surface area contributed by atoms with E-state index in [4.69, 9.17) is 22.1 Å². The molecule has 0 radical (unpaired) electrons. The Morgan fingerprint density at radius 1 is 1.50 bits per heavy atom. The van der Waals surface area contributed by atoms with Crippen molar-refractivity contribution in [1.82, 2.24) is 0 Å². The van der Waals surface area contributed by atoms with Gasteiger partial charge in [-0.25, -0.2) is 0 Å². The summed E-state index contributed by atoms with van der Waals surface area (Å²) < 4.78 is 10.1. The van der Waals surface area contributed by atoms with E-state index in [9.17, 15) is 4.79 Å². The van der Waals surface area contributed by atoms with E-state index < -0.39 is 0 Å². The maximum atomic E-state index is 11.0. The molecule has 0 aliphatic carbocycles. The van der Waals surface area contributed by atoms with Gasteiger partial charge in [-0.1, -0.05) is 17.7 Å². The summed E-state index contributed by atoms with van der Waals surface area (Å²) in [7, 11) is 1.35. The molecule has 0 aliphatic rings. The second-order valence-electron chi connectivity index (χ2n) is 4.07. The van der Waals surface area contributed by atoms with Gasteiger partial charge in [0.15, 0.2) is 0 Å². The lowest BCUT2D eigenvalue weighted by Gasteiger charge is -2.14. The topological polar surface area (TPSA) is 61.5 Å². The fourth-order valence-electron chi connectivity index (χ4n) is 1.54. The van der Waals surface area contributed by atoms with Crippen molar-refractivity contribution in [3.63, 3.8) is 0 Å². The number of halogens is 1. The summed E-state index contributed by atoms with van der Waals surface area (Å²) >= 11 is 6.12. The normalized spacial score (nSPS) is 12.0. The zero-order chi connectivity index (χ0) is 13.5. The molecule has 1 unspecified atom stereocenters. The van der Waals surface area contributed by atoms with Crippen molar-refractivity contribution in [2.24, 2.45) is 5.73 Å². The minimum atomic E-state index is -0.300. The van der Waals surface area contributed by atoms with Crippen LogP contribution in [0, 0.1) is 0 Å². The van der Waals surface area contributed by atoms with E-state index in [1.54, 1.807) is 12.1 Å². The van der Waals surface area contributed by atoms with Gasteiger partial charge < -0.3 is 15.2 Å². The smallest absolute Gasteiger partial charge is 0.308 e. The summed E-state index contributed by atoms with van der Waals surface area (Å²) in [5.41, 5.74) is 6.65. The van der Waals surface area contributed by atoms with E-state index in [0.29, 0.717) is 17.2 Å². The first-order valence-corrected chi connectivity index (χ1v) is 6.15. The maximum absolute atomic E-state index is 11.0. The van der Waals surface area contributed by atoms with Gasteiger partial charge in [0, 0.05) is 16.6 Å². The predicted molar refractivity (Wildman–Crippen MR) is 70.9 cm³/mol. The number of esters is 1. The lowest BCUT2D eigenvalue weighted by atomic mass is 10.1. The molecule has 100 valence electrons. The number of carbonyl (C=O) groups excluding carboxylic acids is 1. The molecule has 0 spiro atoms. The summed E-state index contributed by atoms with van der Waals surface area (Å²) in [6.45, 7) is 2.17. The number of carbonyl (C=O) groups is 1. The number of hydrogen-bond acceptors (Lipinski definition) is 4. The van der Waals surface area contributed by atoms with E-state index in [1.165, 1.54) is 7.11 Å². The van der Waals surface area contributed by atoms with Gasteiger partial charge in [0.1, 0.15) is 5.75 Å². The SMILES string of the molecule is COC(=O)CCOc1cccc(Cl)c1CC(C)N. The van der Waals surface area contributed by atoms with E-state index >= 15 is 0 Å². The summed E-state index contributed by atoms with van der Waals surface area (Å²) in [4.78, 5) is 11.0. The Hall–Kier alpha value is -1.26. The molecule has 0 fully saturated rings. The van der Waals surface area contributed by atoms with Crippen LogP contribution in [0.1, 0.15) is 18.9 Å². The second kappa shape index (κ2) is 7.24. The highest BCUT2D eigenvalue weighted by Gasteiger charge is 2.11. The molecule has 5 heteroatoms. The van der Waals surface area contributed by atoms with Crippen LogP contribution in [0.3, 0.4) is 0 Å². The van der Waals surface area contributed by atoms with Gasteiger partial charge in [0.05, 0.1) is 20.1 Å². The van der Waals surface area contributed by atoms with Crippen LogP contribution in [0.2, 0.25) is 5.02 Å². The molecule has 1 aromatic carbocycles. The molecule has 0 aliphatic heterocycles. The molecular weight excluding hydrogens is 254 g/mol. The molecule has 0 aromatic heterocycles. The average Bonchev–Trinajstić information content (AvgIpc) is 2.32. The van der Waals surface area contributed by atoms with Crippen LogP contribution >= 0.6 is 11.6 Å². The number of hydrogen-bond donors (Lipinski definition) is 1. The molecule has 1 aromatic rings. The zero-order valence-corrected chi connectivity index (χ0v) is 11.4. The Morgan fingerprint density at radius 3 is 2.83 bits per heavy atom. The second-order valence-corrected chi connectivity index (χ2v) is 4.48. The van der Waals surface area contributed by atoms with Crippen molar-refractivity contribution < 1.29 is 14.3 Å². The van der Waals surface area contributed by atoms with Crippen LogP contribution in [-0.2, 0) is 16.0 Å². The maximum Gasteiger partial charge on any atom is 0.308 e. The Labute approximate surface area is 112 Å². The standard InChI is InChI=1S/C13H18ClNO3/c1-9(15)8-10-11(14)4-3-5-12(10)18-7-6-13(16)17-2/h3-5,9H,6-8,15H2,1-2H3. The first kappa shape index (κ1) is 14.8. The molecular formula is C13H18ClNO3. The van der Waals surface area contributed by atoms with Crippen molar-refractivity contribution in [2.75, 3.05) is 13.7 Å². The van der Waals surface area contributed by atoms with Gasteiger partial charge >= 0.3 is 5.97 Å². The lowest BCUT2D eigenvalue weighted by molar-refractivity contribution is -0.141. The van der Waals surface area contributed by atoms with Crippen LogP contribution in [0.4, 0.5) is 0 Å². The number of rotatable bonds is 6. The van der Waals surface area contributed by atoms with Crippen molar-refractivity contribution in [1.29, 1.82) is 0 Å². The summed E-state index contributed by atoms with van der Waals surface area (Å²) in [6.07, 6.45) is 0.841. The minimum Gasteiger partial charge on any atom is -0.493 e. The Balaban J connectivity index is 2.69. The monoisotopic (exact) mass is 271 g/mol. The van der Waals surface area contributed by atoms with E-state index in [-0.39, 0.29) is 25.0 Å². The number of ether oxygens (including phenoxy) is 2. The fourth-order valence-corrected chi connectivity index (χ4v) is 1.78. The first-order chi connectivity index (χ1) is 8.54. The van der Waals surface area contributed by atoms with Gasteiger partial charge in [-0.05, 0) is 25.5 Å². The van der Waals surface area contributed by atoms with Gasteiger partial charge in [0.2, 0.25) is 0 Å². The van der Waals surface area contributed by atoms with E-state index in [0.717, 1.165) is 5.56 Å². The molecule has 0 heterocycles. The van der Waals surface area contributed by atoms with Crippen LogP contribution < -0.4 is 10.5 Å². The molecule has 18 heavy (non-hydrogen) atoms. The third-order valence-electron chi connectivity index (χ3n) is 2.39. The third kappa shape index (κ3) is 4.55. The molecule has 0 amide bonds. The molecule has 0 bridgehead atoms. The van der Waals surface area contributed by atoms with E-state index in [1.807, 2.05) is 13.0 Å².